The molecule has 3 aliphatic rings. The van der Waals surface area contributed by atoms with Gasteiger partial charge in [-0.3, -0.25) is 0 Å². The average molecular weight is 507 g/mol. The van der Waals surface area contributed by atoms with Crippen LogP contribution in [0.5, 0.6) is 0 Å². The van der Waals surface area contributed by atoms with Gasteiger partial charge in [-0.2, -0.15) is 0 Å². The molecule has 5 atom stereocenters. The summed E-state index contributed by atoms with van der Waals surface area (Å²) in [6.45, 7) is 44.1. The number of fused-ring (bicyclic) bond motifs is 3. The van der Waals surface area contributed by atoms with Gasteiger partial charge in [0.2, 0.25) is 0 Å². The molecule has 0 amide bonds. The normalized spacial score (nSPS) is 32.6. The third kappa shape index (κ3) is 3.41. The number of hydrogen-bond donors (Lipinski definition) is 0. The molecule has 0 saturated heterocycles. The Balaban J connectivity index is 2.14. The Hall–Kier alpha value is -2.60. The third-order valence-corrected chi connectivity index (χ3v) is 11.6. The zero-order valence-corrected chi connectivity index (χ0v) is 25.8. The van der Waals surface area contributed by atoms with Gasteiger partial charge in [0.25, 0.3) is 0 Å². The Kier molecular flexibility index (Phi) is 6.92. The Morgan fingerprint density at radius 1 is 1.08 bits per heavy atom. The predicted octanol–water partition coefficient (Wildman–Crippen LogP) is 11.0. The highest BCUT2D eigenvalue weighted by atomic mass is 14.7. The molecule has 0 heteroatoms. The lowest BCUT2D eigenvalue weighted by Crippen LogP contribution is -2.59. The van der Waals surface area contributed by atoms with Gasteiger partial charge in [-0.05, 0) is 115 Å². The van der Waals surface area contributed by atoms with Crippen molar-refractivity contribution in [1.82, 2.24) is 0 Å². The van der Waals surface area contributed by atoms with Gasteiger partial charge in [0.1, 0.15) is 0 Å². The van der Waals surface area contributed by atoms with E-state index in [4.69, 9.17) is 13.2 Å². The van der Waals surface area contributed by atoms with Crippen LogP contribution < -0.4 is 0 Å². The maximum atomic E-state index is 4.89. The minimum Gasteiger partial charge on any atom is -0.103 e. The smallest absolute Gasteiger partial charge is 0.0197 e. The van der Waals surface area contributed by atoms with Crippen molar-refractivity contribution in [3.8, 4) is 0 Å². The number of rotatable bonds is 6. The second-order valence-corrected chi connectivity index (χ2v) is 13.3. The summed E-state index contributed by atoms with van der Waals surface area (Å²) in [6, 6.07) is 4.72. The van der Waals surface area contributed by atoms with Gasteiger partial charge in [0.15, 0.2) is 0 Å². The minimum atomic E-state index is -0.193. The monoisotopic (exact) mass is 506 g/mol. The molecule has 4 rings (SSSR count). The van der Waals surface area contributed by atoms with Crippen molar-refractivity contribution in [3.63, 3.8) is 0 Å². The first-order valence-electron chi connectivity index (χ1n) is 14.5. The van der Waals surface area contributed by atoms with Crippen LogP contribution in [-0.2, 0) is 6.42 Å². The highest BCUT2D eigenvalue weighted by Crippen LogP contribution is 2.75. The summed E-state index contributed by atoms with van der Waals surface area (Å²) >= 11 is 0. The Morgan fingerprint density at radius 3 is 2.26 bits per heavy atom. The summed E-state index contributed by atoms with van der Waals surface area (Å²) in [5.74, 6) is 0.762. The predicted molar refractivity (Wildman–Crippen MR) is 168 cm³/mol. The van der Waals surface area contributed by atoms with E-state index < -0.39 is 0 Å². The summed E-state index contributed by atoms with van der Waals surface area (Å²) in [6.07, 6.45) is 5.99. The Labute approximate surface area is 233 Å². The second-order valence-electron chi connectivity index (χ2n) is 13.3. The molecule has 0 fully saturated rings. The molecule has 38 heavy (non-hydrogen) atoms. The molecule has 0 heterocycles. The fraction of sp³-hybridized carbons (Fsp3) is 0.474. The van der Waals surface area contributed by atoms with E-state index in [-0.39, 0.29) is 16.2 Å². The topological polar surface area (TPSA) is 0 Å². The molecule has 1 aromatic carbocycles. The van der Waals surface area contributed by atoms with Crippen LogP contribution in [0.4, 0.5) is 0 Å². The maximum Gasteiger partial charge on any atom is 0.0197 e. The summed E-state index contributed by atoms with van der Waals surface area (Å²) in [5, 5.41) is 0. The van der Waals surface area contributed by atoms with Crippen LogP contribution in [0.25, 0.3) is 5.57 Å². The van der Waals surface area contributed by atoms with E-state index in [9.17, 15) is 0 Å². The standard InChI is InChI=1S/C38H50/c1-15-17-30-18-19-31-27(9)37(13)32(20-23(5)16-2)36(12)21-24(6)33(22(3)4)28(10)38(36,14)29(11)35(37)26(8)34(31)25(30)7/h15,18-19,27,32H,1,3,5,8,10,16-17,20-21H2,2,4,6-7,9,11-14H3/t27-,32+,36+,37-,38-/m1/s1. The van der Waals surface area contributed by atoms with Gasteiger partial charge < -0.3 is 0 Å². The third-order valence-electron chi connectivity index (χ3n) is 11.6. The molecule has 1 aromatic rings. The Bertz CT molecular complexity index is 1350. The van der Waals surface area contributed by atoms with Gasteiger partial charge in [-0.25, -0.2) is 0 Å². The summed E-state index contributed by atoms with van der Waals surface area (Å²) in [7, 11) is 0. The average Bonchev–Trinajstić information content (AvgIpc) is 2.84. The summed E-state index contributed by atoms with van der Waals surface area (Å²) in [4.78, 5) is 0. The SMILES string of the molecule is C=CCc1ccc2c(c1C)C(=C)C1=C(C)[C@@]3(C)C(=C)C(C(=C)C)=C(C)C[C@@]3(C)[C@H](CC(=C)CC)[C@@]1(C)[C@@H]2C. The zero-order valence-electron chi connectivity index (χ0n) is 25.8. The van der Waals surface area contributed by atoms with E-state index in [0.29, 0.717) is 11.8 Å². The van der Waals surface area contributed by atoms with Crippen LogP contribution in [0.3, 0.4) is 0 Å². The van der Waals surface area contributed by atoms with Crippen LogP contribution in [0.15, 0.2) is 90.1 Å². The van der Waals surface area contributed by atoms with Crippen molar-refractivity contribution < 1.29 is 0 Å². The number of hydrogen-bond acceptors (Lipinski definition) is 0. The highest BCUT2D eigenvalue weighted by molar-refractivity contribution is 5.88. The van der Waals surface area contributed by atoms with Crippen LogP contribution in [-0.4, -0.2) is 0 Å². The first kappa shape index (κ1) is 28.4. The molecule has 3 aliphatic carbocycles. The largest absolute Gasteiger partial charge is 0.103 e. The van der Waals surface area contributed by atoms with E-state index in [1.54, 1.807) is 0 Å². The Morgan fingerprint density at radius 2 is 1.71 bits per heavy atom. The lowest BCUT2D eigenvalue weighted by Gasteiger charge is -2.67. The second kappa shape index (κ2) is 9.25. The van der Waals surface area contributed by atoms with Gasteiger partial charge in [0.05, 0.1) is 0 Å². The van der Waals surface area contributed by atoms with Crippen molar-refractivity contribution in [2.45, 2.75) is 93.9 Å². The summed E-state index contributed by atoms with van der Waals surface area (Å²) < 4.78 is 0. The minimum absolute atomic E-state index is 0.00255. The van der Waals surface area contributed by atoms with Gasteiger partial charge in [0, 0.05) is 10.8 Å². The maximum absolute atomic E-state index is 4.89. The number of benzene rings is 1. The van der Waals surface area contributed by atoms with Crippen molar-refractivity contribution in [2.75, 3.05) is 0 Å². The molecular weight excluding hydrogens is 456 g/mol. The first-order chi connectivity index (χ1) is 17.6. The molecule has 0 N–H and O–H groups in total. The fourth-order valence-electron chi connectivity index (χ4n) is 9.21. The van der Waals surface area contributed by atoms with Crippen molar-refractivity contribution >= 4 is 5.57 Å². The van der Waals surface area contributed by atoms with Crippen LogP contribution >= 0.6 is 0 Å². The van der Waals surface area contributed by atoms with Crippen LogP contribution in [0.1, 0.15) is 103 Å². The molecule has 0 aliphatic heterocycles. The molecular formula is C38H50. The zero-order chi connectivity index (χ0) is 28.5. The van der Waals surface area contributed by atoms with Gasteiger partial charge >= 0.3 is 0 Å². The van der Waals surface area contributed by atoms with Gasteiger partial charge in [-0.15, -0.1) is 6.58 Å². The quantitative estimate of drug-likeness (QED) is 0.337. The fourth-order valence-corrected chi connectivity index (χ4v) is 9.21. The van der Waals surface area contributed by atoms with Crippen molar-refractivity contribution in [3.05, 3.63) is 112 Å². The van der Waals surface area contributed by atoms with E-state index in [0.717, 1.165) is 31.3 Å². The van der Waals surface area contributed by atoms with E-state index in [2.05, 4.69) is 94.2 Å². The van der Waals surface area contributed by atoms with Crippen molar-refractivity contribution in [2.24, 2.45) is 22.2 Å². The highest BCUT2D eigenvalue weighted by Gasteiger charge is 2.66. The number of allylic oxidation sites excluding steroid dienone is 9. The lowest BCUT2D eigenvalue weighted by atomic mass is 9.36. The van der Waals surface area contributed by atoms with E-state index in [1.807, 2.05) is 6.08 Å². The lowest BCUT2D eigenvalue weighted by molar-refractivity contribution is -0.0370. The molecule has 0 radical (unpaired) electrons. The van der Waals surface area contributed by atoms with Crippen molar-refractivity contribution in [1.29, 1.82) is 0 Å². The van der Waals surface area contributed by atoms with Gasteiger partial charge in [-0.1, -0.05) is 101 Å². The molecule has 0 nitrogen and oxygen atoms in total. The first-order valence-corrected chi connectivity index (χ1v) is 14.5. The molecule has 202 valence electrons. The molecule has 0 spiro atoms. The molecule has 0 bridgehead atoms. The molecule has 0 saturated carbocycles. The summed E-state index contributed by atoms with van der Waals surface area (Å²) in [5.41, 5.74) is 15.8. The van der Waals surface area contributed by atoms with Crippen LogP contribution in [0, 0.1) is 29.1 Å². The van der Waals surface area contributed by atoms with Crippen LogP contribution in [0.2, 0.25) is 0 Å². The van der Waals surface area contributed by atoms with E-state index in [1.165, 1.54) is 61.3 Å². The molecule has 0 aromatic heterocycles. The van der Waals surface area contributed by atoms with E-state index >= 15 is 0 Å². The molecule has 0 unspecified atom stereocenters.